The first-order chi connectivity index (χ1) is 17.8. The maximum atomic E-state index is 13.5. The van der Waals surface area contributed by atoms with E-state index in [1.165, 1.54) is 12.8 Å². The van der Waals surface area contributed by atoms with E-state index in [2.05, 4.69) is 37.0 Å². The van der Waals surface area contributed by atoms with Gasteiger partial charge < -0.3 is 15.2 Å². The number of benzene rings is 1. The number of rotatable bonds is 7. The van der Waals surface area contributed by atoms with Gasteiger partial charge in [0.15, 0.2) is 0 Å². The first-order valence-electron chi connectivity index (χ1n) is 12.9. The van der Waals surface area contributed by atoms with Gasteiger partial charge in [-0.15, -0.1) is 0 Å². The Hall–Kier alpha value is -3.78. The topological polar surface area (TPSA) is 95.9 Å². The van der Waals surface area contributed by atoms with E-state index in [-0.39, 0.29) is 18.0 Å². The molecule has 3 aromatic heterocycles. The summed E-state index contributed by atoms with van der Waals surface area (Å²) in [6, 6.07) is 10.4. The Morgan fingerprint density at radius 1 is 1.11 bits per heavy atom. The highest BCUT2D eigenvalue weighted by Gasteiger charge is 2.23. The fourth-order valence-corrected chi connectivity index (χ4v) is 5.32. The first kappa shape index (κ1) is 24.9. The lowest BCUT2D eigenvalue weighted by Crippen LogP contribution is -2.28. The second-order valence-electron chi connectivity index (χ2n) is 10.4. The average molecular weight is 499 g/mol. The minimum absolute atomic E-state index is 0.156. The quantitative estimate of drug-likeness (QED) is 0.391. The van der Waals surface area contributed by atoms with Crippen molar-refractivity contribution in [2.24, 2.45) is 0 Å². The Balaban J connectivity index is 1.53. The maximum absolute atomic E-state index is 13.5. The predicted octanol–water partition coefficient (Wildman–Crippen LogP) is 4.51. The zero-order chi connectivity index (χ0) is 26.1. The van der Waals surface area contributed by atoms with Crippen LogP contribution in [0.25, 0.3) is 22.0 Å². The van der Waals surface area contributed by atoms with Crippen LogP contribution < -0.4 is 10.9 Å². The number of aryl methyl sites for hydroxylation is 2. The van der Waals surface area contributed by atoms with Crippen LogP contribution in [0, 0.1) is 13.8 Å². The molecule has 0 spiro atoms. The van der Waals surface area contributed by atoms with Crippen LogP contribution in [-0.4, -0.2) is 44.7 Å². The molecule has 1 aliphatic rings. The number of nitrogens with zero attached hydrogens (tertiary/aromatic N) is 4. The van der Waals surface area contributed by atoms with Crippen molar-refractivity contribution in [2.75, 3.05) is 14.1 Å². The molecule has 1 fully saturated rings. The summed E-state index contributed by atoms with van der Waals surface area (Å²) in [6.07, 6.45) is 8.25. The second kappa shape index (κ2) is 10.3. The van der Waals surface area contributed by atoms with E-state index in [1.807, 2.05) is 52.3 Å². The number of carbonyl (C=O) groups excluding carboxylic acids is 1. The molecule has 3 heterocycles. The van der Waals surface area contributed by atoms with Crippen LogP contribution in [-0.2, 0) is 13.1 Å². The molecule has 2 N–H and O–H groups in total. The SMILES string of the molecule is Cc1cc(C)c(CNC(=O)c2cc(-c3ccc(CN(C)C)nc3)cc3c2cnn3C2CCCC2)c(=O)[nH]1. The van der Waals surface area contributed by atoms with Gasteiger partial charge in [0.05, 0.1) is 29.0 Å². The third-order valence-corrected chi connectivity index (χ3v) is 7.19. The molecule has 4 aromatic rings. The minimum Gasteiger partial charge on any atom is -0.348 e. The lowest BCUT2D eigenvalue weighted by Gasteiger charge is -2.14. The highest BCUT2D eigenvalue weighted by atomic mass is 16.1. The molecule has 8 nitrogen and oxygen atoms in total. The number of fused-ring (bicyclic) bond motifs is 1. The van der Waals surface area contributed by atoms with Gasteiger partial charge in [0, 0.05) is 41.5 Å². The van der Waals surface area contributed by atoms with E-state index in [0.717, 1.165) is 58.4 Å². The fraction of sp³-hybridized carbons (Fsp3) is 0.379. The van der Waals surface area contributed by atoms with Crippen molar-refractivity contribution < 1.29 is 4.79 Å². The molecular weight excluding hydrogens is 464 g/mol. The van der Waals surface area contributed by atoms with Crippen LogP contribution in [0.1, 0.15) is 64.6 Å². The summed E-state index contributed by atoms with van der Waals surface area (Å²) in [5.41, 5.74) is 6.42. The van der Waals surface area contributed by atoms with E-state index < -0.39 is 0 Å². The monoisotopic (exact) mass is 498 g/mol. The number of amides is 1. The number of aromatic nitrogens is 4. The summed E-state index contributed by atoms with van der Waals surface area (Å²) in [5, 5.41) is 8.52. The summed E-state index contributed by atoms with van der Waals surface area (Å²) in [7, 11) is 4.04. The molecule has 1 saturated carbocycles. The lowest BCUT2D eigenvalue weighted by molar-refractivity contribution is 0.0952. The Morgan fingerprint density at radius 3 is 2.57 bits per heavy atom. The molecule has 37 heavy (non-hydrogen) atoms. The molecule has 192 valence electrons. The molecule has 1 aliphatic carbocycles. The van der Waals surface area contributed by atoms with Crippen LogP contribution in [0.2, 0.25) is 0 Å². The molecule has 0 aliphatic heterocycles. The Morgan fingerprint density at radius 2 is 1.89 bits per heavy atom. The van der Waals surface area contributed by atoms with Gasteiger partial charge in [0.1, 0.15) is 0 Å². The third-order valence-electron chi connectivity index (χ3n) is 7.19. The number of hydrogen-bond donors (Lipinski definition) is 2. The van der Waals surface area contributed by atoms with E-state index in [1.54, 1.807) is 6.20 Å². The summed E-state index contributed by atoms with van der Waals surface area (Å²) in [4.78, 5) is 35.5. The average Bonchev–Trinajstić information content (AvgIpc) is 3.52. The van der Waals surface area contributed by atoms with Crippen LogP contribution in [0.3, 0.4) is 0 Å². The van der Waals surface area contributed by atoms with Crippen molar-refractivity contribution in [2.45, 2.75) is 58.7 Å². The molecule has 1 amide bonds. The van der Waals surface area contributed by atoms with Gasteiger partial charge in [-0.1, -0.05) is 18.9 Å². The summed E-state index contributed by atoms with van der Waals surface area (Å²) >= 11 is 0. The Kier molecular flexibility index (Phi) is 6.93. The number of H-pyrrole nitrogens is 1. The third kappa shape index (κ3) is 5.20. The Labute approximate surface area is 216 Å². The lowest BCUT2D eigenvalue weighted by atomic mass is 10.00. The van der Waals surface area contributed by atoms with Crippen molar-refractivity contribution >= 4 is 16.8 Å². The van der Waals surface area contributed by atoms with E-state index in [9.17, 15) is 9.59 Å². The van der Waals surface area contributed by atoms with Crippen LogP contribution in [0.15, 0.2) is 47.5 Å². The molecule has 0 saturated heterocycles. The van der Waals surface area contributed by atoms with Crippen LogP contribution >= 0.6 is 0 Å². The van der Waals surface area contributed by atoms with E-state index in [4.69, 9.17) is 5.10 Å². The molecular formula is C29H34N6O2. The Bertz CT molecular complexity index is 1490. The van der Waals surface area contributed by atoms with E-state index >= 15 is 0 Å². The number of hydrogen-bond acceptors (Lipinski definition) is 5. The van der Waals surface area contributed by atoms with E-state index in [0.29, 0.717) is 17.2 Å². The summed E-state index contributed by atoms with van der Waals surface area (Å²) < 4.78 is 2.09. The number of aromatic amines is 1. The van der Waals surface area contributed by atoms with Crippen molar-refractivity contribution in [3.63, 3.8) is 0 Å². The largest absolute Gasteiger partial charge is 0.348 e. The highest BCUT2D eigenvalue weighted by Crippen LogP contribution is 2.34. The molecule has 0 unspecified atom stereocenters. The maximum Gasteiger partial charge on any atom is 0.253 e. The highest BCUT2D eigenvalue weighted by molar-refractivity contribution is 6.08. The van der Waals surface area contributed by atoms with Gasteiger partial charge in [-0.2, -0.15) is 5.10 Å². The van der Waals surface area contributed by atoms with Gasteiger partial charge in [0.25, 0.3) is 11.5 Å². The van der Waals surface area contributed by atoms with Gasteiger partial charge in [0.2, 0.25) is 0 Å². The van der Waals surface area contributed by atoms with Gasteiger partial charge in [-0.3, -0.25) is 19.3 Å². The molecule has 8 heteroatoms. The van der Waals surface area contributed by atoms with Crippen molar-refractivity contribution in [1.82, 2.24) is 30.0 Å². The van der Waals surface area contributed by atoms with Gasteiger partial charge in [-0.25, -0.2) is 0 Å². The van der Waals surface area contributed by atoms with Crippen molar-refractivity contribution in [3.05, 3.63) is 81.2 Å². The standard InChI is InChI=1S/C29H34N6O2/c1-18-11-19(2)33-29(37)25(18)15-31-28(36)24-12-21(20-9-10-22(30-14-20)17-34(3)4)13-27-26(24)16-32-35(27)23-7-5-6-8-23/h9-14,16,23H,5-8,15,17H2,1-4H3,(H,31,36)(H,33,37). The first-order valence-corrected chi connectivity index (χ1v) is 12.9. The minimum atomic E-state index is -0.227. The molecule has 0 radical (unpaired) electrons. The smallest absolute Gasteiger partial charge is 0.253 e. The number of carbonyl (C=O) groups is 1. The molecule has 5 rings (SSSR count). The van der Waals surface area contributed by atoms with Crippen LogP contribution in [0.5, 0.6) is 0 Å². The fourth-order valence-electron chi connectivity index (χ4n) is 5.32. The van der Waals surface area contributed by atoms with Crippen molar-refractivity contribution in [3.8, 4) is 11.1 Å². The second-order valence-corrected chi connectivity index (χ2v) is 10.4. The molecule has 1 aromatic carbocycles. The number of nitrogens with one attached hydrogen (secondary N) is 2. The van der Waals surface area contributed by atoms with Gasteiger partial charge >= 0.3 is 0 Å². The summed E-state index contributed by atoms with van der Waals surface area (Å²) in [5.74, 6) is -0.227. The predicted molar refractivity (Wildman–Crippen MR) is 146 cm³/mol. The zero-order valence-corrected chi connectivity index (χ0v) is 22.0. The number of pyridine rings is 2. The van der Waals surface area contributed by atoms with Crippen LogP contribution in [0.4, 0.5) is 0 Å². The van der Waals surface area contributed by atoms with Crippen molar-refractivity contribution in [1.29, 1.82) is 0 Å². The normalized spacial score (nSPS) is 14.1. The molecule has 0 atom stereocenters. The summed E-state index contributed by atoms with van der Waals surface area (Å²) in [6.45, 7) is 4.66. The zero-order valence-electron chi connectivity index (χ0n) is 22.0. The van der Waals surface area contributed by atoms with Gasteiger partial charge in [-0.05, 0) is 76.2 Å². The molecule has 0 bridgehead atoms.